The molecule has 2 heterocycles. The third kappa shape index (κ3) is 2.02. The zero-order valence-corrected chi connectivity index (χ0v) is 9.93. The van der Waals surface area contributed by atoms with Crippen LogP contribution in [0.4, 0.5) is 0 Å². The summed E-state index contributed by atoms with van der Waals surface area (Å²) in [4.78, 5) is 2.03. The van der Waals surface area contributed by atoms with E-state index in [-0.39, 0.29) is 5.54 Å². The Labute approximate surface area is 101 Å². The molecule has 0 bridgehead atoms. The van der Waals surface area contributed by atoms with E-state index >= 15 is 0 Å². The molecule has 1 aromatic heterocycles. The molecule has 1 aliphatic rings. The molecule has 0 aliphatic carbocycles. The summed E-state index contributed by atoms with van der Waals surface area (Å²) in [6.07, 6.45) is 5.26. The van der Waals surface area contributed by atoms with E-state index in [1.54, 1.807) is 0 Å². The van der Waals surface area contributed by atoms with Gasteiger partial charge in [0.05, 0.1) is 31.3 Å². The summed E-state index contributed by atoms with van der Waals surface area (Å²) in [5, 5.41) is 21.9. The van der Waals surface area contributed by atoms with Gasteiger partial charge in [0.15, 0.2) is 0 Å². The minimum absolute atomic E-state index is 0.223. The van der Waals surface area contributed by atoms with Gasteiger partial charge >= 0.3 is 0 Å². The molecule has 1 aromatic rings. The molecule has 0 spiro atoms. The number of hydrogen-bond acceptors (Lipinski definition) is 4. The van der Waals surface area contributed by atoms with Crippen molar-refractivity contribution in [3.8, 4) is 12.1 Å². The summed E-state index contributed by atoms with van der Waals surface area (Å²) in [6.45, 7) is 3.98. The highest BCUT2D eigenvalue weighted by Gasteiger charge is 2.45. The summed E-state index contributed by atoms with van der Waals surface area (Å²) >= 11 is 0. The molecule has 0 saturated carbocycles. The Hall–Kier alpha value is -1.85. The molecule has 0 amide bonds. The third-order valence-electron chi connectivity index (χ3n) is 3.27. The van der Waals surface area contributed by atoms with Crippen molar-refractivity contribution in [2.75, 3.05) is 19.6 Å². The number of rotatable bonds is 4. The zero-order chi connectivity index (χ0) is 12.3. The average molecular weight is 229 g/mol. The van der Waals surface area contributed by atoms with Crippen LogP contribution in [0.3, 0.4) is 0 Å². The monoisotopic (exact) mass is 229 g/mol. The molecule has 5 nitrogen and oxygen atoms in total. The second-order valence-electron chi connectivity index (χ2n) is 4.51. The fourth-order valence-corrected chi connectivity index (χ4v) is 2.28. The molecule has 1 fully saturated rings. The SMILES string of the molecule is CCc1cnn(C2(CC#N)CN(CC#N)C2)c1. The summed E-state index contributed by atoms with van der Waals surface area (Å²) in [5.74, 6) is 0. The van der Waals surface area contributed by atoms with E-state index < -0.39 is 0 Å². The topological polar surface area (TPSA) is 68.6 Å². The smallest absolute Gasteiger partial charge is 0.101 e. The van der Waals surface area contributed by atoms with E-state index in [0.717, 1.165) is 19.5 Å². The first kappa shape index (κ1) is 11.6. The second-order valence-corrected chi connectivity index (χ2v) is 4.51. The van der Waals surface area contributed by atoms with Crippen molar-refractivity contribution >= 4 is 0 Å². The van der Waals surface area contributed by atoms with Gasteiger partial charge in [-0.1, -0.05) is 6.92 Å². The minimum Gasteiger partial charge on any atom is -0.286 e. The van der Waals surface area contributed by atoms with E-state index in [4.69, 9.17) is 10.5 Å². The van der Waals surface area contributed by atoms with Crippen molar-refractivity contribution in [1.29, 1.82) is 10.5 Å². The maximum Gasteiger partial charge on any atom is 0.101 e. The first-order valence-corrected chi connectivity index (χ1v) is 5.74. The van der Waals surface area contributed by atoms with E-state index in [0.29, 0.717) is 13.0 Å². The number of nitriles is 2. The van der Waals surface area contributed by atoms with Crippen LogP contribution >= 0.6 is 0 Å². The van der Waals surface area contributed by atoms with Crippen LogP contribution in [-0.2, 0) is 12.0 Å². The molecular formula is C12H15N5. The minimum atomic E-state index is -0.223. The maximum absolute atomic E-state index is 8.93. The summed E-state index contributed by atoms with van der Waals surface area (Å²) in [6, 6.07) is 4.36. The number of likely N-dealkylation sites (tertiary alicyclic amines) is 1. The lowest BCUT2D eigenvalue weighted by molar-refractivity contribution is 0.0156. The van der Waals surface area contributed by atoms with Gasteiger partial charge in [0.2, 0.25) is 0 Å². The standard InChI is InChI=1S/C12H15N5/c1-2-11-7-15-17(8-11)12(3-4-13)9-16(10-12)6-5-14/h7-8H,2-3,6,9-10H2,1H3. The van der Waals surface area contributed by atoms with E-state index in [2.05, 4.69) is 24.2 Å². The third-order valence-corrected chi connectivity index (χ3v) is 3.27. The van der Waals surface area contributed by atoms with Gasteiger partial charge in [0, 0.05) is 19.3 Å². The molecule has 17 heavy (non-hydrogen) atoms. The average Bonchev–Trinajstić information content (AvgIpc) is 2.75. The van der Waals surface area contributed by atoms with Crippen LogP contribution < -0.4 is 0 Å². The van der Waals surface area contributed by atoms with Crippen LogP contribution in [0.5, 0.6) is 0 Å². The maximum atomic E-state index is 8.93. The first-order chi connectivity index (χ1) is 8.24. The van der Waals surface area contributed by atoms with Crippen molar-refractivity contribution in [2.24, 2.45) is 0 Å². The van der Waals surface area contributed by atoms with Crippen LogP contribution in [0, 0.1) is 22.7 Å². The second kappa shape index (κ2) is 4.57. The molecule has 0 unspecified atom stereocenters. The van der Waals surface area contributed by atoms with Crippen LogP contribution in [-0.4, -0.2) is 34.3 Å². The van der Waals surface area contributed by atoms with Gasteiger partial charge in [-0.3, -0.25) is 9.58 Å². The molecule has 2 rings (SSSR count). The number of hydrogen-bond donors (Lipinski definition) is 0. The predicted molar refractivity (Wildman–Crippen MR) is 61.9 cm³/mol. The van der Waals surface area contributed by atoms with Crippen molar-refractivity contribution < 1.29 is 0 Å². The van der Waals surface area contributed by atoms with Crippen molar-refractivity contribution in [1.82, 2.24) is 14.7 Å². The van der Waals surface area contributed by atoms with E-state index in [1.165, 1.54) is 5.56 Å². The van der Waals surface area contributed by atoms with Crippen LogP contribution in [0.1, 0.15) is 18.9 Å². The first-order valence-electron chi connectivity index (χ1n) is 5.74. The van der Waals surface area contributed by atoms with Gasteiger partial charge in [-0.05, 0) is 12.0 Å². The zero-order valence-electron chi connectivity index (χ0n) is 9.93. The van der Waals surface area contributed by atoms with Crippen molar-refractivity contribution in [3.63, 3.8) is 0 Å². The number of aryl methyl sites for hydroxylation is 1. The quantitative estimate of drug-likeness (QED) is 0.719. The van der Waals surface area contributed by atoms with Crippen molar-refractivity contribution in [3.05, 3.63) is 18.0 Å². The van der Waals surface area contributed by atoms with E-state index in [1.807, 2.05) is 22.0 Å². The molecule has 88 valence electrons. The Kier molecular flexibility index (Phi) is 3.12. The Balaban J connectivity index is 2.15. The van der Waals surface area contributed by atoms with Gasteiger partial charge in [-0.25, -0.2) is 0 Å². The molecule has 1 saturated heterocycles. The Morgan fingerprint density at radius 2 is 2.18 bits per heavy atom. The van der Waals surface area contributed by atoms with Gasteiger partial charge in [-0.15, -0.1) is 0 Å². The molecular weight excluding hydrogens is 214 g/mol. The highest BCUT2D eigenvalue weighted by molar-refractivity contribution is 5.11. The molecule has 1 aliphatic heterocycles. The van der Waals surface area contributed by atoms with Gasteiger partial charge in [-0.2, -0.15) is 15.6 Å². The number of nitrogens with zero attached hydrogens (tertiary/aromatic N) is 5. The van der Waals surface area contributed by atoms with Crippen LogP contribution in [0.15, 0.2) is 12.4 Å². The lowest BCUT2D eigenvalue weighted by atomic mass is 9.87. The molecule has 0 radical (unpaired) electrons. The molecule has 5 heteroatoms. The highest BCUT2D eigenvalue weighted by Crippen LogP contribution is 2.31. The fourth-order valence-electron chi connectivity index (χ4n) is 2.28. The largest absolute Gasteiger partial charge is 0.286 e. The molecule has 0 atom stereocenters. The van der Waals surface area contributed by atoms with Gasteiger partial charge in [0.25, 0.3) is 0 Å². The molecule has 0 N–H and O–H groups in total. The van der Waals surface area contributed by atoms with Crippen molar-refractivity contribution in [2.45, 2.75) is 25.3 Å². The van der Waals surface area contributed by atoms with Gasteiger partial charge < -0.3 is 0 Å². The normalized spacial score (nSPS) is 18.1. The predicted octanol–water partition coefficient (Wildman–Crippen LogP) is 0.894. The summed E-state index contributed by atoms with van der Waals surface area (Å²) < 4.78 is 1.91. The van der Waals surface area contributed by atoms with Crippen LogP contribution in [0.2, 0.25) is 0 Å². The summed E-state index contributed by atoms with van der Waals surface area (Å²) in [7, 11) is 0. The summed E-state index contributed by atoms with van der Waals surface area (Å²) in [5.41, 5.74) is 0.958. The van der Waals surface area contributed by atoms with E-state index in [9.17, 15) is 0 Å². The Morgan fingerprint density at radius 3 is 2.71 bits per heavy atom. The Bertz CT molecular complexity index is 470. The molecule has 0 aromatic carbocycles. The van der Waals surface area contributed by atoms with Gasteiger partial charge in [0.1, 0.15) is 5.54 Å². The lowest BCUT2D eigenvalue weighted by Crippen LogP contribution is -2.62. The fraction of sp³-hybridized carbons (Fsp3) is 0.583. The Morgan fingerprint density at radius 1 is 1.41 bits per heavy atom. The van der Waals surface area contributed by atoms with Crippen LogP contribution in [0.25, 0.3) is 0 Å². The highest BCUT2D eigenvalue weighted by atomic mass is 15.4. The lowest BCUT2D eigenvalue weighted by Gasteiger charge is -2.48. The number of aromatic nitrogens is 2.